The molecular weight excluding hydrogens is 985 g/mol. The second-order valence-corrected chi connectivity index (χ2v) is 23.6. The highest BCUT2D eigenvalue weighted by molar-refractivity contribution is 6.36. The molecule has 0 amide bonds. The van der Waals surface area contributed by atoms with Crippen LogP contribution in [0.5, 0.6) is 0 Å². The fraction of sp³-hybridized carbons (Fsp3) is 0.0909. The Morgan fingerprint density at radius 1 is 0.333 bits per heavy atom. The Bertz CT molecular complexity index is 5020. The van der Waals surface area contributed by atoms with Crippen LogP contribution in [0.15, 0.2) is 258 Å². The molecule has 1 aliphatic carbocycles. The molecule has 0 radical (unpaired) electrons. The Morgan fingerprint density at radius 3 is 1.70 bits per heavy atom. The number of hydrogen-bond donors (Lipinski definition) is 0. The number of nitrogens with zero attached hydrogens (tertiary/aromatic N) is 2. The van der Waals surface area contributed by atoms with Crippen molar-refractivity contribution in [2.75, 3.05) is 9.80 Å². The van der Waals surface area contributed by atoms with Gasteiger partial charge in [0.1, 0.15) is 16.7 Å². The van der Waals surface area contributed by atoms with Crippen molar-refractivity contribution in [3.05, 3.63) is 265 Å². The second kappa shape index (κ2) is 17.6. The first-order chi connectivity index (χ1) is 39.6. The number of furan rings is 2. The van der Waals surface area contributed by atoms with Gasteiger partial charge in [0, 0.05) is 71.1 Å². The van der Waals surface area contributed by atoms with Gasteiger partial charge in [0.25, 0.3) is 0 Å². The van der Waals surface area contributed by atoms with E-state index in [1.807, 2.05) is 0 Å². The van der Waals surface area contributed by atoms with Gasteiger partial charge in [-0.15, -0.1) is 0 Å². The number of para-hydroxylation sites is 3. The SMILES string of the molecule is CC(C)(C)c1ccc2c(c1)oc1c2ccc2c(N(c3ccc4c(c3)-c3ccccc3C4(C)C)c3cc4ccccc4c4ccccc34)cc3cc(-c4ccccc4)c4oc5c(N(c6ccccc6)c6ccccc6)cccc5c4c3c21. The van der Waals surface area contributed by atoms with Gasteiger partial charge in [-0.3, -0.25) is 0 Å². The van der Waals surface area contributed by atoms with E-state index in [0.29, 0.717) is 0 Å². The minimum atomic E-state index is -0.161. The van der Waals surface area contributed by atoms with Gasteiger partial charge in [0.15, 0.2) is 5.58 Å². The van der Waals surface area contributed by atoms with Crippen molar-refractivity contribution < 1.29 is 8.83 Å². The molecule has 0 unspecified atom stereocenters. The average molecular weight is 1040 g/mol. The van der Waals surface area contributed by atoms with Gasteiger partial charge in [-0.05, 0) is 133 Å². The second-order valence-electron chi connectivity index (χ2n) is 23.6. The molecule has 0 bridgehead atoms. The fourth-order valence-electron chi connectivity index (χ4n) is 13.6. The molecule has 0 N–H and O–H groups in total. The molecule has 0 saturated heterocycles. The van der Waals surface area contributed by atoms with Crippen LogP contribution in [0.4, 0.5) is 34.1 Å². The molecule has 1 aliphatic rings. The lowest BCUT2D eigenvalue weighted by Gasteiger charge is -2.30. The van der Waals surface area contributed by atoms with Crippen LogP contribution in [0.3, 0.4) is 0 Å². The zero-order chi connectivity index (χ0) is 54.3. The van der Waals surface area contributed by atoms with E-state index < -0.39 is 0 Å². The van der Waals surface area contributed by atoms with Crippen LogP contribution in [0.2, 0.25) is 0 Å². The number of benzene rings is 13. The Balaban J connectivity index is 1.09. The van der Waals surface area contributed by atoms with Crippen molar-refractivity contribution in [1.82, 2.24) is 0 Å². The number of rotatable bonds is 7. The lowest BCUT2D eigenvalue weighted by Crippen LogP contribution is -2.15. The third-order valence-corrected chi connectivity index (χ3v) is 17.5. The van der Waals surface area contributed by atoms with Crippen molar-refractivity contribution in [1.29, 1.82) is 0 Å². The van der Waals surface area contributed by atoms with Gasteiger partial charge >= 0.3 is 0 Å². The van der Waals surface area contributed by atoms with Gasteiger partial charge in [-0.2, -0.15) is 0 Å². The molecule has 16 rings (SSSR count). The van der Waals surface area contributed by atoms with Crippen molar-refractivity contribution in [2.45, 2.75) is 45.4 Å². The van der Waals surface area contributed by atoms with Crippen molar-refractivity contribution in [2.24, 2.45) is 0 Å². The lowest BCUT2D eigenvalue weighted by atomic mass is 9.82. The van der Waals surface area contributed by atoms with E-state index in [0.717, 1.165) is 111 Å². The Morgan fingerprint density at radius 2 is 0.938 bits per heavy atom. The molecule has 0 aliphatic heterocycles. The first-order valence-electron chi connectivity index (χ1n) is 28.2. The normalized spacial score (nSPS) is 13.1. The Labute approximate surface area is 470 Å². The van der Waals surface area contributed by atoms with Crippen LogP contribution in [0.25, 0.3) is 109 Å². The van der Waals surface area contributed by atoms with Gasteiger partial charge in [0.2, 0.25) is 0 Å². The summed E-state index contributed by atoms with van der Waals surface area (Å²) in [4.78, 5) is 4.87. The fourth-order valence-corrected chi connectivity index (χ4v) is 13.6. The molecule has 0 fully saturated rings. The standard InChI is InChI=1S/C77H56N2O2/c1-76(2,3)50-36-38-58-59-39-40-60-68(79(67-43-48-24-15-16-29-54(48)55-30-17-18-32-57(55)67)53-37-41-65-63(46-53)56-31-19-20-34-64(56)77(65,4)5)44-49-42-62(47-22-9-6-10-23-47)75-72(70(49)71(60)74(59)80-69(58)45-50)61-33-21-35-66(73(61)81-75)78(51-25-11-7-12-26-51)52-27-13-8-14-28-52/h6-46H,1-5H3. The summed E-state index contributed by atoms with van der Waals surface area (Å²) in [6.07, 6.45) is 0. The van der Waals surface area contributed by atoms with E-state index in [9.17, 15) is 0 Å². The molecule has 2 aromatic heterocycles. The maximum atomic E-state index is 7.59. The molecule has 81 heavy (non-hydrogen) atoms. The highest BCUT2D eigenvalue weighted by Gasteiger charge is 2.36. The van der Waals surface area contributed by atoms with Crippen LogP contribution < -0.4 is 9.80 Å². The van der Waals surface area contributed by atoms with Crippen molar-refractivity contribution in [3.63, 3.8) is 0 Å². The predicted molar refractivity (Wildman–Crippen MR) is 342 cm³/mol. The molecule has 0 saturated carbocycles. The van der Waals surface area contributed by atoms with Crippen LogP contribution in [0.1, 0.15) is 51.3 Å². The van der Waals surface area contributed by atoms with Gasteiger partial charge in [0.05, 0.1) is 17.1 Å². The van der Waals surface area contributed by atoms with Crippen molar-refractivity contribution in [3.8, 4) is 22.3 Å². The zero-order valence-electron chi connectivity index (χ0n) is 45.9. The molecule has 4 heteroatoms. The lowest BCUT2D eigenvalue weighted by molar-refractivity contribution is 0.588. The van der Waals surface area contributed by atoms with Crippen LogP contribution in [0, 0.1) is 0 Å². The topological polar surface area (TPSA) is 32.8 Å². The van der Waals surface area contributed by atoms with E-state index in [1.165, 1.54) is 49.4 Å². The average Bonchev–Trinajstić information content (AvgIpc) is 4.17. The van der Waals surface area contributed by atoms with Crippen LogP contribution in [-0.2, 0) is 10.8 Å². The molecule has 4 nitrogen and oxygen atoms in total. The third kappa shape index (κ3) is 7.09. The predicted octanol–water partition coefficient (Wildman–Crippen LogP) is 22.3. The largest absolute Gasteiger partial charge is 0.455 e. The minimum Gasteiger partial charge on any atom is -0.455 e. The molecule has 386 valence electrons. The van der Waals surface area contributed by atoms with E-state index in [2.05, 4.69) is 293 Å². The Kier molecular flexibility index (Phi) is 10.2. The summed E-state index contributed by atoms with van der Waals surface area (Å²) in [5.74, 6) is 0. The van der Waals surface area contributed by atoms with Crippen LogP contribution >= 0.6 is 0 Å². The smallest absolute Gasteiger partial charge is 0.159 e. The van der Waals surface area contributed by atoms with Gasteiger partial charge in [-0.1, -0.05) is 211 Å². The summed E-state index contributed by atoms with van der Waals surface area (Å²) in [6, 6.07) is 91.2. The molecule has 2 heterocycles. The molecule has 15 aromatic rings. The summed E-state index contributed by atoms with van der Waals surface area (Å²) in [7, 11) is 0. The summed E-state index contributed by atoms with van der Waals surface area (Å²) in [5.41, 5.74) is 17.9. The molecule has 0 atom stereocenters. The van der Waals surface area contributed by atoms with Gasteiger partial charge in [-0.25, -0.2) is 0 Å². The molecule has 13 aromatic carbocycles. The maximum Gasteiger partial charge on any atom is 0.159 e. The number of hydrogen-bond acceptors (Lipinski definition) is 4. The highest BCUT2D eigenvalue weighted by atomic mass is 16.3. The first-order valence-corrected chi connectivity index (χ1v) is 28.2. The summed E-state index contributed by atoms with van der Waals surface area (Å²) >= 11 is 0. The van der Waals surface area contributed by atoms with E-state index >= 15 is 0 Å². The Hall–Kier alpha value is -9.90. The minimum absolute atomic E-state index is 0.0788. The van der Waals surface area contributed by atoms with E-state index in [1.54, 1.807) is 0 Å². The number of fused-ring (bicyclic) bond motifs is 17. The van der Waals surface area contributed by atoms with E-state index in [4.69, 9.17) is 8.83 Å². The zero-order valence-corrected chi connectivity index (χ0v) is 45.9. The quantitative estimate of drug-likeness (QED) is 0.149. The van der Waals surface area contributed by atoms with Crippen molar-refractivity contribution >= 4 is 121 Å². The maximum absolute atomic E-state index is 7.59. The summed E-state index contributed by atoms with van der Waals surface area (Å²) in [6.45, 7) is 11.5. The monoisotopic (exact) mass is 1040 g/mol. The highest BCUT2D eigenvalue weighted by Crippen LogP contribution is 2.55. The number of anilines is 6. The van der Waals surface area contributed by atoms with Crippen LogP contribution in [-0.4, -0.2) is 0 Å². The molecule has 0 spiro atoms. The van der Waals surface area contributed by atoms with E-state index in [-0.39, 0.29) is 10.8 Å². The summed E-state index contributed by atoms with van der Waals surface area (Å²) < 4.78 is 15.1. The third-order valence-electron chi connectivity index (χ3n) is 17.5. The summed E-state index contributed by atoms with van der Waals surface area (Å²) in [5, 5.41) is 13.3. The molecular formula is C77H56N2O2. The van der Waals surface area contributed by atoms with Gasteiger partial charge < -0.3 is 18.6 Å². The first kappa shape index (κ1) is 47.1.